The third kappa shape index (κ3) is 2.15. The summed E-state index contributed by atoms with van der Waals surface area (Å²) in [6, 6.07) is 0. The smallest absolute Gasteiger partial charge is 0.188 e. The van der Waals surface area contributed by atoms with Gasteiger partial charge in [0.2, 0.25) is 0 Å². The quantitative estimate of drug-likeness (QED) is 0.754. The number of tetrazole rings is 1. The van der Waals surface area contributed by atoms with Crippen LogP contribution in [0.1, 0.15) is 26.1 Å². The van der Waals surface area contributed by atoms with Gasteiger partial charge in [-0.15, -0.1) is 10.2 Å². The first-order valence-electron chi connectivity index (χ1n) is 5.20. The number of rotatable bonds is 3. The van der Waals surface area contributed by atoms with Crippen molar-refractivity contribution in [2.45, 2.75) is 38.5 Å². The van der Waals surface area contributed by atoms with Crippen molar-refractivity contribution in [3.05, 3.63) is 5.82 Å². The average molecular weight is 211 g/mol. The van der Waals surface area contributed by atoms with Crippen molar-refractivity contribution in [3.63, 3.8) is 0 Å². The maximum atomic E-state index is 5.54. The fourth-order valence-electron chi connectivity index (χ4n) is 1.74. The zero-order chi connectivity index (χ0) is 10.9. The molecule has 1 saturated heterocycles. The summed E-state index contributed by atoms with van der Waals surface area (Å²) in [7, 11) is 1.76. The van der Waals surface area contributed by atoms with Crippen LogP contribution in [0, 0.1) is 0 Å². The molecule has 0 amide bonds. The van der Waals surface area contributed by atoms with Crippen LogP contribution in [0.2, 0.25) is 0 Å². The second kappa shape index (κ2) is 3.86. The summed E-state index contributed by atoms with van der Waals surface area (Å²) in [6.45, 7) is 5.71. The van der Waals surface area contributed by atoms with Crippen LogP contribution in [-0.2, 0) is 18.3 Å². The third-order valence-corrected chi connectivity index (χ3v) is 3.09. The molecule has 0 aliphatic carbocycles. The van der Waals surface area contributed by atoms with Gasteiger partial charge in [-0.2, -0.15) is 4.80 Å². The topological polar surface area (TPSA) is 64.9 Å². The Morgan fingerprint density at radius 1 is 1.67 bits per heavy atom. The molecule has 15 heavy (non-hydrogen) atoms. The highest BCUT2D eigenvalue weighted by Crippen LogP contribution is 2.25. The summed E-state index contributed by atoms with van der Waals surface area (Å²) in [6.07, 6.45) is 1.25. The maximum Gasteiger partial charge on any atom is 0.188 e. The van der Waals surface area contributed by atoms with E-state index in [0.717, 1.165) is 18.9 Å². The van der Waals surface area contributed by atoms with E-state index in [0.29, 0.717) is 6.54 Å². The van der Waals surface area contributed by atoms with E-state index in [4.69, 9.17) is 4.74 Å². The van der Waals surface area contributed by atoms with Gasteiger partial charge < -0.3 is 10.1 Å². The van der Waals surface area contributed by atoms with Crippen LogP contribution in [-0.4, -0.2) is 38.5 Å². The van der Waals surface area contributed by atoms with Gasteiger partial charge in [-0.25, -0.2) is 0 Å². The molecule has 2 unspecified atom stereocenters. The monoisotopic (exact) mass is 211 g/mol. The Kier molecular flexibility index (Phi) is 2.70. The zero-order valence-electron chi connectivity index (χ0n) is 9.40. The number of hydrogen-bond acceptors (Lipinski definition) is 5. The van der Waals surface area contributed by atoms with Gasteiger partial charge in [-0.3, -0.25) is 0 Å². The summed E-state index contributed by atoms with van der Waals surface area (Å²) in [5.74, 6) is 0.720. The lowest BCUT2D eigenvalue weighted by molar-refractivity contribution is 0.0879. The zero-order valence-corrected chi connectivity index (χ0v) is 9.40. The molecule has 1 fully saturated rings. The molecule has 2 heterocycles. The van der Waals surface area contributed by atoms with Crippen molar-refractivity contribution in [2.24, 2.45) is 7.05 Å². The standard InChI is InChI=1S/C9H17N5O/c1-7-9(2,4-5-15-7)10-6-8-11-13-14(3)12-8/h7,10H,4-6H2,1-3H3. The Morgan fingerprint density at radius 2 is 2.47 bits per heavy atom. The summed E-state index contributed by atoms with van der Waals surface area (Å²) in [4.78, 5) is 1.47. The molecule has 1 aromatic rings. The van der Waals surface area contributed by atoms with E-state index < -0.39 is 0 Å². The second-order valence-corrected chi connectivity index (χ2v) is 4.23. The molecule has 0 bridgehead atoms. The van der Waals surface area contributed by atoms with Crippen molar-refractivity contribution in [1.29, 1.82) is 0 Å². The van der Waals surface area contributed by atoms with Crippen molar-refractivity contribution < 1.29 is 4.74 Å². The Balaban J connectivity index is 1.92. The van der Waals surface area contributed by atoms with Gasteiger partial charge in [0.25, 0.3) is 0 Å². The van der Waals surface area contributed by atoms with E-state index in [1.807, 2.05) is 0 Å². The van der Waals surface area contributed by atoms with Gasteiger partial charge in [0.05, 0.1) is 19.7 Å². The molecule has 1 aliphatic heterocycles. The normalized spacial score (nSPS) is 31.0. The highest BCUT2D eigenvalue weighted by atomic mass is 16.5. The fraction of sp³-hybridized carbons (Fsp3) is 0.889. The van der Waals surface area contributed by atoms with Crippen LogP contribution >= 0.6 is 0 Å². The first-order valence-corrected chi connectivity index (χ1v) is 5.20. The molecule has 1 aromatic heterocycles. The third-order valence-electron chi connectivity index (χ3n) is 3.09. The predicted molar refractivity (Wildman–Crippen MR) is 54.1 cm³/mol. The molecular weight excluding hydrogens is 194 g/mol. The van der Waals surface area contributed by atoms with Crippen molar-refractivity contribution in [1.82, 2.24) is 25.5 Å². The summed E-state index contributed by atoms with van der Waals surface area (Å²) < 4.78 is 5.54. The van der Waals surface area contributed by atoms with E-state index >= 15 is 0 Å². The number of nitrogens with zero attached hydrogens (tertiary/aromatic N) is 4. The molecule has 0 aromatic carbocycles. The fourth-order valence-corrected chi connectivity index (χ4v) is 1.74. The molecule has 0 radical (unpaired) electrons. The average Bonchev–Trinajstić information content (AvgIpc) is 2.73. The van der Waals surface area contributed by atoms with Crippen LogP contribution in [0.3, 0.4) is 0 Å². The van der Waals surface area contributed by atoms with Crippen LogP contribution in [0.5, 0.6) is 0 Å². The molecule has 6 heteroatoms. The van der Waals surface area contributed by atoms with E-state index in [1.54, 1.807) is 7.05 Å². The predicted octanol–water partition coefficient (Wildman–Crippen LogP) is -0.133. The van der Waals surface area contributed by atoms with E-state index in [1.165, 1.54) is 4.80 Å². The lowest BCUT2D eigenvalue weighted by Gasteiger charge is -2.28. The molecule has 0 spiro atoms. The molecule has 6 nitrogen and oxygen atoms in total. The maximum absolute atomic E-state index is 5.54. The first-order chi connectivity index (χ1) is 7.10. The molecular formula is C9H17N5O. The highest BCUT2D eigenvalue weighted by Gasteiger charge is 2.36. The van der Waals surface area contributed by atoms with Crippen LogP contribution in [0.4, 0.5) is 0 Å². The number of aryl methyl sites for hydroxylation is 1. The molecule has 2 atom stereocenters. The van der Waals surface area contributed by atoms with Gasteiger partial charge in [0, 0.05) is 12.1 Å². The van der Waals surface area contributed by atoms with Crippen molar-refractivity contribution >= 4 is 0 Å². The summed E-state index contributed by atoms with van der Waals surface area (Å²) >= 11 is 0. The number of aromatic nitrogens is 4. The van der Waals surface area contributed by atoms with E-state index in [2.05, 4.69) is 34.6 Å². The minimum absolute atomic E-state index is 0.0270. The van der Waals surface area contributed by atoms with Crippen molar-refractivity contribution in [3.8, 4) is 0 Å². The number of hydrogen-bond donors (Lipinski definition) is 1. The number of nitrogens with one attached hydrogen (secondary N) is 1. The lowest BCUT2D eigenvalue weighted by Crippen LogP contribution is -2.47. The Hall–Kier alpha value is -1.01. The first kappa shape index (κ1) is 10.5. The van der Waals surface area contributed by atoms with Gasteiger partial charge in [0.1, 0.15) is 0 Å². The lowest BCUT2D eigenvalue weighted by atomic mass is 9.95. The highest BCUT2D eigenvalue weighted by molar-refractivity contribution is 4.94. The molecule has 84 valence electrons. The van der Waals surface area contributed by atoms with Gasteiger partial charge in [-0.05, 0) is 25.5 Å². The van der Waals surface area contributed by atoms with E-state index in [9.17, 15) is 0 Å². The van der Waals surface area contributed by atoms with Gasteiger partial charge in [0.15, 0.2) is 5.82 Å². The Morgan fingerprint density at radius 3 is 3.00 bits per heavy atom. The summed E-state index contributed by atoms with van der Waals surface area (Å²) in [5, 5.41) is 15.3. The minimum atomic E-state index is 0.0270. The minimum Gasteiger partial charge on any atom is -0.377 e. The van der Waals surface area contributed by atoms with Crippen molar-refractivity contribution in [2.75, 3.05) is 6.61 Å². The Labute approximate surface area is 89.0 Å². The number of ether oxygens (including phenoxy) is 1. The largest absolute Gasteiger partial charge is 0.377 e. The van der Waals surface area contributed by atoms with Gasteiger partial charge in [-0.1, -0.05) is 0 Å². The SMILES string of the molecule is CC1OCCC1(C)NCc1nnn(C)n1. The Bertz CT molecular complexity index is 339. The van der Waals surface area contributed by atoms with E-state index in [-0.39, 0.29) is 11.6 Å². The van der Waals surface area contributed by atoms with Crippen LogP contribution < -0.4 is 5.32 Å². The summed E-state index contributed by atoms with van der Waals surface area (Å²) in [5.41, 5.74) is 0.0270. The van der Waals surface area contributed by atoms with Crippen LogP contribution in [0.15, 0.2) is 0 Å². The van der Waals surface area contributed by atoms with Crippen LogP contribution in [0.25, 0.3) is 0 Å². The molecule has 1 aliphatic rings. The molecule has 0 saturated carbocycles. The van der Waals surface area contributed by atoms with Gasteiger partial charge >= 0.3 is 0 Å². The molecule has 2 rings (SSSR count). The second-order valence-electron chi connectivity index (χ2n) is 4.23. The molecule has 1 N–H and O–H groups in total.